The van der Waals surface area contributed by atoms with Crippen molar-refractivity contribution in [3.05, 3.63) is 24.3 Å². The molecule has 1 unspecified atom stereocenters. The van der Waals surface area contributed by atoms with Crippen molar-refractivity contribution < 1.29 is 13.7 Å². The summed E-state index contributed by atoms with van der Waals surface area (Å²) in [7, 11) is -0.981. The minimum absolute atomic E-state index is 0.254. The summed E-state index contributed by atoms with van der Waals surface area (Å²) in [6, 6.07) is 7.77. The van der Waals surface area contributed by atoms with E-state index in [1.807, 2.05) is 45.0 Å². The molecule has 22 heavy (non-hydrogen) atoms. The van der Waals surface area contributed by atoms with Crippen LogP contribution < -0.4 is 4.90 Å². The Hall–Kier alpha value is -1.56. The van der Waals surface area contributed by atoms with E-state index in [4.69, 9.17) is 4.74 Å². The summed E-state index contributed by atoms with van der Waals surface area (Å²) < 4.78 is 17.0. The van der Waals surface area contributed by atoms with E-state index in [1.54, 1.807) is 11.2 Å². The fraction of sp³-hybridized carbons (Fsp3) is 0.562. The van der Waals surface area contributed by atoms with Crippen molar-refractivity contribution in [1.82, 2.24) is 4.90 Å². The Kier molecular flexibility index (Phi) is 5.11. The van der Waals surface area contributed by atoms with Gasteiger partial charge in [-0.2, -0.15) is 0 Å². The molecule has 5 nitrogen and oxygen atoms in total. The van der Waals surface area contributed by atoms with Gasteiger partial charge >= 0.3 is 6.09 Å². The van der Waals surface area contributed by atoms with Crippen LogP contribution in [0, 0.1) is 0 Å². The van der Waals surface area contributed by atoms with Gasteiger partial charge in [0.15, 0.2) is 0 Å². The Labute approximate surface area is 134 Å². The van der Waals surface area contributed by atoms with Crippen LogP contribution in [0.3, 0.4) is 0 Å². The van der Waals surface area contributed by atoms with Gasteiger partial charge in [0.25, 0.3) is 0 Å². The van der Waals surface area contributed by atoms with E-state index in [0.717, 1.165) is 23.7 Å². The Morgan fingerprint density at radius 2 is 1.82 bits per heavy atom. The van der Waals surface area contributed by atoms with Gasteiger partial charge in [-0.1, -0.05) is 6.07 Å². The van der Waals surface area contributed by atoms with E-state index in [1.165, 1.54) is 0 Å². The molecule has 0 saturated carbocycles. The average molecular weight is 324 g/mol. The van der Waals surface area contributed by atoms with Crippen LogP contribution in [-0.2, 0) is 15.5 Å². The molecule has 122 valence electrons. The molecule has 0 radical (unpaired) electrons. The van der Waals surface area contributed by atoms with Gasteiger partial charge in [-0.3, -0.25) is 4.21 Å². The first-order chi connectivity index (χ1) is 10.3. The molecule has 0 aromatic heterocycles. The Bertz CT molecular complexity index is 561. The fourth-order valence-corrected chi connectivity index (χ4v) is 2.89. The minimum atomic E-state index is -0.981. The van der Waals surface area contributed by atoms with Gasteiger partial charge in [0.1, 0.15) is 5.60 Å². The summed E-state index contributed by atoms with van der Waals surface area (Å²) in [5, 5.41) is 0. The van der Waals surface area contributed by atoms with Gasteiger partial charge in [-0.05, 0) is 39.0 Å². The third kappa shape index (κ3) is 4.47. The maximum absolute atomic E-state index is 12.0. The van der Waals surface area contributed by atoms with Crippen LogP contribution in [0.25, 0.3) is 0 Å². The van der Waals surface area contributed by atoms with Crippen molar-refractivity contribution in [1.29, 1.82) is 0 Å². The lowest BCUT2D eigenvalue weighted by atomic mass is 10.2. The summed E-state index contributed by atoms with van der Waals surface area (Å²) >= 11 is 0. The molecule has 1 aliphatic rings. The maximum Gasteiger partial charge on any atom is 0.410 e. The molecule has 1 amide bonds. The minimum Gasteiger partial charge on any atom is -0.444 e. The normalized spacial score (nSPS) is 17.3. The van der Waals surface area contributed by atoms with Gasteiger partial charge in [0.05, 0.1) is 0 Å². The molecule has 1 aromatic carbocycles. The van der Waals surface area contributed by atoms with Crippen LogP contribution >= 0.6 is 0 Å². The van der Waals surface area contributed by atoms with Crippen LogP contribution in [-0.4, -0.2) is 53.2 Å². The first kappa shape index (κ1) is 16.8. The monoisotopic (exact) mass is 324 g/mol. The lowest BCUT2D eigenvalue weighted by Gasteiger charge is -2.36. The third-order valence-electron chi connectivity index (χ3n) is 3.45. The Morgan fingerprint density at radius 3 is 2.36 bits per heavy atom. The molecule has 0 spiro atoms. The van der Waals surface area contributed by atoms with Crippen molar-refractivity contribution in [3.8, 4) is 0 Å². The number of rotatable bonds is 2. The summed E-state index contributed by atoms with van der Waals surface area (Å²) in [5.41, 5.74) is 0.588. The number of carbonyl (C=O) groups is 1. The molecule has 0 bridgehead atoms. The van der Waals surface area contributed by atoms with E-state index in [0.29, 0.717) is 13.1 Å². The zero-order valence-corrected chi connectivity index (χ0v) is 14.5. The fourth-order valence-electron chi connectivity index (χ4n) is 2.33. The van der Waals surface area contributed by atoms with Crippen molar-refractivity contribution in [2.24, 2.45) is 0 Å². The van der Waals surface area contributed by atoms with Crippen molar-refractivity contribution >= 4 is 22.6 Å². The summed E-state index contributed by atoms with van der Waals surface area (Å²) in [4.78, 5) is 16.8. The molecule has 0 N–H and O–H groups in total. The smallest absolute Gasteiger partial charge is 0.410 e. The lowest BCUT2D eigenvalue weighted by molar-refractivity contribution is 0.0240. The van der Waals surface area contributed by atoms with E-state index in [2.05, 4.69) is 4.90 Å². The van der Waals surface area contributed by atoms with Crippen LogP contribution in [0.5, 0.6) is 0 Å². The standard InChI is InChI=1S/C16H24N2O3S/c1-16(2,3)21-15(19)18-10-8-17(9-11-18)13-6-5-7-14(12-13)22(4)20/h5-7,12H,8-11H2,1-4H3. The number of benzene rings is 1. The second-order valence-electron chi connectivity index (χ2n) is 6.41. The predicted octanol–water partition coefficient (Wildman–Crippen LogP) is 2.48. The molecular weight excluding hydrogens is 300 g/mol. The highest BCUT2D eigenvalue weighted by molar-refractivity contribution is 7.84. The molecule has 1 saturated heterocycles. The van der Waals surface area contributed by atoms with Gasteiger partial charge < -0.3 is 14.5 Å². The predicted molar refractivity (Wildman–Crippen MR) is 88.8 cm³/mol. The van der Waals surface area contributed by atoms with Crippen molar-refractivity contribution in [3.63, 3.8) is 0 Å². The zero-order chi connectivity index (χ0) is 16.3. The number of hydrogen-bond acceptors (Lipinski definition) is 4. The van der Waals surface area contributed by atoms with Crippen molar-refractivity contribution in [2.75, 3.05) is 37.3 Å². The number of hydrogen-bond donors (Lipinski definition) is 0. The first-order valence-electron chi connectivity index (χ1n) is 7.42. The Balaban J connectivity index is 1.96. The highest BCUT2D eigenvalue weighted by Crippen LogP contribution is 2.20. The molecule has 2 rings (SSSR count). The topological polar surface area (TPSA) is 49.9 Å². The molecular formula is C16H24N2O3S. The summed E-state index contributed by atoms with van der Waals surface area (Å²) in [5.74, 6) is 0. The molecule has 1 fully saturated rings. The van der Waals surface area contributed by atoms with Crippen LogP contribution in [0.15, 0.2) is 29.2 Å². The van der Waals surface area contributed by atoms with E-state index < -0.39 is 16.4 Å². The maximum atomic E-state index is 12.0. The lowest BCUT2D eigenvalue weighted by Crippen LogP contribution is -2.50. The molecule has 1 heterocycles. The van der Waals surface area contributed by atoms with Gasteiger partial charge in [0.2, 0.25) is 0 Å². The van der Waals surface area contributed by atoms with E-state index >= 15 is 0 Å². The highest BCUT2D eigenvalue weighted by atomic mass is 32.2. The van der Waals surface area contributed by atoms with Crippen LogP contribution in [0.4, 0.5) is 10.5 Å². The second kappa shape index (κ2) is 6.69. The largest absolute Gasteiger partial charge is 0.444 e. The molecule has 1 atom stereocenters. The number of amides is 1. The van der Waals surface area contributed by atoms with Crippen LogP contribution in [0.2, 0.25) is 0 Å². The highest BCUT2D eigenvalue weighted by Gasteiger charge is 2.26. The molecule has 0 aliphatic carbocycles. The summed E-state index contributed by atoms with van der Waals surface area (Å²) in [6.45, 7) is 8.38. The molecule has 1 aliphatic heterocycles. The van der Waals surface area contributed by atoms with E-state index in [-0.39, 0.29) is 6.09 Å². The number of carbonyl (C=O) groups excluding carboxylic acids is 1. The molecule has 6 heteroatoms. The SMILES string of the molecule is CS(=O)c1cccc(N2CCN(C(=O)OC(C)(C)C)CC2)c1. The van der Waals surface area contributed by atoms with Gasteiger partial charge in [-0.25, -0.2) is 4.79 Å². The van der Waals surface area contributed by atoms with E-state index in [9.17, 15) is 9.00 Å². The quantitative estimate of drug-likeness (QED) is 0.838. The van der Waals surface area contributed by atoms with Crippen molar-refractivity contribution in [2.45, 2.75) is 31.3 Å². The van der Waals surface area contributed by atoms with Gasteiger partial charge in [0, 0.05) is 53.8 Å². The third-order valence-corrected chi connectivity index (χ3v) is 4.36. The average Bonchev–Trinajstić information content (AvgIpc) is 2.46. The number of piperazine rings is 1. The summed E-state index contributed by atoms with van der Waals surface area (Å²) in [6.07, 6.45) is 1.43. The molecule has 1 aromatic rings. The number of anilines is 1. The van der Waals surface area contributed by atoms with Gasteiger partial charge in [-0.15, -0.1) is 0 Å². The number of nitrogens with zero attached hydrogens (tertiary/aromatic N) is 2. The second-order valence-corrected chi connectivity index (χ2v) is 7.79. The Morgan fingerprint density at radius 1 is 1.18 bits per heavy atom. The number of ether oxygens (including phenoxy) is 1. The van der Waals surface area contributed by atoms with Crippen LogP contribution in [0.1, 0.15) is 20.8 Å². The zero-order valence-electron chi connectivity index (χ0n) is 13.7. The first-order valence-corrected chi connectivity index (χ1v) is 8.98.